The second kappa shape index (κ2) is 5.71. The number of nitrogens with two attached hydrogens (primary N) is 1. The molecule has 1 rings (SSSR count). The predicted octanol–water partition coefficient (Wildman–Crippen LogP) is 2.29. The largest absolute Gasteiger partial charge is 0.398 e. The van der Waals surface area contributed by atoms with Crippen molar-refractivity contribution in [1.29, 1.82) is 0 Å². The van der Waals surface area contributed by atoms with Crippen LogP contribution in [0.3, 0.4) is 0 Å². The van der Waals surface area contributed by atoms with Gasteiger partial charge in [-0.05, 0) is 43.9 Å². The van der Waals surface area contributed by atoms with Crippen LogP contribution in [-0.2, 0) is 10.0 Å². The van der Waals surface area contributed by atoms with Crippen LogP contribution in [-0.4, -0.2) is 14.5 Å². The smallest absolute Gasteiger partial charge is 0.241 e. The number of nitrogen functional groups attached to an aromatic ring is 1. The average Bonchev–Trinajstić information content (AvgIpc) is 2.19. The lowest BCUT2D eigenvalue weighted by Crippen LogP contribution is -2.34. The number of hydrogen-bond acceptors (Lipinski definition) is 3. The minimum Gasteiger partial charge on any atom is -0.398 e. The van der Waals surface area contributed by atoms with E-state index in [4.69, 9.17) is 5.73 Å². The molecule has 4 nitrogen and oxygen atoms in total. The lowest BCUT2D eigenvalue weighted by Gasteiger charge is -2.17. The van der Waals surface area contributed by atoms with Crippen LogP contribution in [0, 0.1) is 12.8 Å². The van der Waals surface area contributed by atoms with Crippen LogP contribution in [0.15, 0.2) is 23.1 Å². The van der Waals surface area contributed by atoms with Gasteiger partial charge in [0.15, 0.2) is 0 Å². The molecule has 1 aromatic carbocycles. The molecule has 102 valence electrons. The van der Waals surface area contributed by atoms with Crippen LogP contribution in [0.4, 0.5) is 5.69 Å². The number of nitrogens with one attached hydrogen (secondary N) is 1. The van der Waals surface area contributed by atoms with E-state index >= 15 is 0 Å². The third kappa shape index (κ3) is 3.71. The highest BCUT2D eigenvalue weighted by atomic mass is 32.2. The molecule has 0 saturated heterocycles. The summed E-state index contributed by atoms with van der Waals surface area (Å²) < 4.78 is 27.1. The van der Waals surface area contributed by atoms with E-state index in [1.165, 1.54) is 0 Å². The Hall–Kier alpha value is -1.07. The molecule has 0 aliphatic heterocycles. The van der Waals surface area contributed by atoms with Crippen molar-refractivity contribution in [3.63, 3.8) is 0 Å². The van der Waals surface area contributed by atoms with Gasteiger partial charge in [0.05, 0.1) is 4.90 Å². The molecule has 0 radical (unpaired) electrons. The van der Waals surface area contributed by atoms with E-state index in [2.05, 4.69) is 18.6 Å². The molecule has 0 aliphatic rings. The van der Waals surface area contributed by atoms with Gasteiger partial charge >= 0.3 is 0 Å². The third-order valence-corrected chi connectivity index (χ3v) is 4.53. The molecule has 0 amide bonds. The Kier molecular flexibility index (Phi) is 4.76. The first kappa shape index (κ1) is 15.0. The standard InChI is InChI=1S/C13H22N2O2S/c1-9(2)8-10(3)15-18(16,17)13-7-5-6-12(14)11(13)4/h5-7,9-10,15H,8,14H2,1-4H3. The first-order chi connectivity index (χ1) is 8.24. The number of rotatable bonds is 5. The summed E-state index contributed by atoms with van der Waals surface area (Å²) in [5.41, 5.74) is 6.83. The summed E-state index contributed by atoms with van der Waals surface area (Å²) in [6.45, 7) is 7.73. The van der Waals surface area contributed by atoms with Gasteiger partial charge in [0, 0.05) is 11.7 Å². The van der Waals surface area contributed by atoms with Crippen molar-refractivity contribution in [2.45, 2.75) is 45.1 Å². The van der Waals surface area contributed by atoms with Gasteiger partial charge in [-0.2, -0.15) is 0 Å². The highest BCUT2D eigenvalue weighted by Crippen LogP contribution is 2.21. The maximum Gasteiger partial charge on any atom is 0.241 e. The highest BCUT2D eigenvalue weighted by Gasteiger charge is 2.20. The lowest BCUT2D eigenvalue weighted by atomic mass is 10.1. The minimum absolute atomic E-state index is 0.0872. The zero-order valence-corrected chi connectivity index (χ0v) is 12.2. The fraction of sp³-hybridized carbons (Fsp3) is 0.538. The summed E-state index contributed by atoms with van der Waals surface area (Å²) in [5, 5.41) is 0. The van der Waals surface area contributed by atoms with Crippen LogP contribution in [0.5, 0.6) is 0 Å². The van der Waals surface area contributed by atoms with Crippen molar-refractivity contribution in [2.75, 3.05) is 5.73 Å². The second-order valence-corrected chi connectivity index (χ2v) is 6.80. The SMILES string of the molecule is Cc1c(N)cccc1S(=O)(=O)NC(C)CC(C)C. The summed E-state index contributed by atoms with van der Waals surface area (Å²) in [6, 6.07) is 4.85. The van der Waals surface area contributed by atoms with Crippen LogP contribution < -0.4 is 10.5 Å². The number of hydrogen-bond donors (Lipinski definition) is 2. The Morgan fingerprint density at radius 2 is 1.89 bits per heavy atom. The van der Waals surface area contributed by atoms with Gasteiger partial charge in [-0.3, -0.25) is 0 Å². The van der Waals surface area contributed by atoms with Crippen LogP contribution >= 0.6 is 0 Å². The minimum atomic E-state index is -3.49. The van der Waals surface area contributed by atoms with E-state index < -0.39 is 10.0 Å². The Morgan fingerprint density at radius 3 is 2.44 bits per heavy atom. The van der Waals surface area contributed by atoms with E-state index in [1.54, 1.807) is 25.1 Å². The highest BCUT2D eigenvalue weighted by molar-refractivity contribution is 7.89. The van der Waals surface area contributed by atoms with Crippen molar-refractivity contribution >= 4 is 15.7 Å². The molecule has 0 spiro atoms. The Labute approximate surface area is 110 Å². The molecule has 0 saturated carbocycles. The van der Waals surface area contributed by atoms with E-state index in [0.29, 0.717) is 17.2 Å². The quantitative estimate of drug-likeness (QED) is 0.806. The lowest BCUT2D eigenvalue weighted by molar-refractivity contribution is 0.482. The molecule has 5 heteroatoms. The molecule has 1 aromatic rings. The Balaban J connectivity index is 2.97. The molecular formula is C13H22N2O2S. The summed E-state index contributed by atoms with van der Waals surface area (Å²) >= 11 is 0. The summed E-state index contributed by atoms with van der Waals surface area (Å²) in [4.78, 5) is 0.262. The van der Waals surface area contributed by atoms with Gasteiger partial charge < -0.3 is 5.73 Å². The van der Waals surface area contributed by atoms with Crippen LogP contribution in [0.25, 0.3) is 0 Å². The molecule has 0 heterocycles. The van der Waals surface area contributed by atoms with Gasteiger partial charge in [-0.25, -0.2) is 13.1 Å². The van der Waals surface area contributed by atoms with Crippen molar-refractivity contribution in [3.05, 3.63) is 23.8 Å². The van der Waals surface area contributed by atoms with E-state index in [1.807, 2.05) is 6.92 Å². The monoisotopic (exact) mass is 270 g/mol. The normalized spacial score (nSPS) is 13.8. The maximum atomic E-state index is 12.2. The summed E-state index contributed by atoms with van der Waals surface area (Å²) in [6.07, 6.45) is 0.806. The summed E-state index contributed by atoms with van der Waals surface area (Å²) in [7, 11) is -3.49. The first-order valence-electron chi connectivity index (χ1n) is 6.11. The van der Waals surface area contributed by atoms with Gasteiger partial charge in [0.1, 0.15) is 0 Å². The first-order valence-corrected chi connectivity index (χ1v) is 7.59. The molecule has 1 atom stereocenters. The predicted molar refractivity (Wildman–Crippen MR) is 74.8 cm³/mol. The fourth-order valence-corrected chi connectivity index (χ4v) is 3.54. The average molecular weight is 270 g/mol. The zero-order chi connectivity index (χ0) is 13.9. The van der Waals surface area contributed by atoms with E-state index in [9.17, 15) is 8.42 Å². The van der Waals surface area contributed by atoms with Crippen LogP contribution in [0.2, 0.25) is 0 Å². The molecule has 1 unspecified atom stereocenters. The second-order valence-electron chi connectivity index (χ2n) is 5.12. The van der Waals surface area contributed by atoms with Gasteiger partial charge in [0.2, 0.25) is 10.0 Å². The molecule has 0 bridgehead atoms. The topological polar surface area (TPSA) is 72.2 Å². The van der Waals surface area contributed by atoms with Crippen molar-refractivity contribution in [1.82, 2.24) is 4.72 Å². The Bertz CT molecular complexity index is 510. The zero-order valence-electron chi connectivity index (χ0n) is 11.4. The van der Waals surface area contributed by atoms with Crippen molar-refractivity contribution < 1.29 is 8.42 Å². The Morgan fingerprint density at radius 1 is 1.28 bits per heavy atom. The third-order valence-electron chi connectivity index (χ3n) is 2.80. The van der Waals surface area contributed by atoms with Gasteiger partial charge in [-0.15, -0.1) is 0 Å². The summed E-state index contributed by atoms with van der Waals surface area (Å²) in [5.74, 6) is 0.449. The number of benzene rings is 1. The molecule has 0 fully saturated rings. The van der Waals surface area contributed by atoms with Gasteiger partial charge in [-0.1, -0.05) is 19.9 Å². The van der Waals surface area contributed by atoms with E-state index in [-0.39, 0.29) is 10.9 Å². The van der Waals surface area contributed by atoms with Crippen molar-refractivity contribution in [3.8, 4) is 0 Å². The molecule has 18 heavy (non-hydrogen) atoms. The number of anilines is 1. The molecule has 3 N–H and O–H groups in total. The molecule has 0 aromatic heterocycles. The fourth-order valence-electron chi connectivity index (χ4n) is 2.01. The maximum absolute atomic E-state index is 12.2. The van der Waals surface area contributed by atoms with Crippen LogP contribution in [0.1, 0.15) is 32.8 Å². The van der Waals surface area contributed by atoms with E-state index in [0.717, 1.165) is 6.42 Å². The molecular weight excluding hydrogens is 248 g/mol. The van der Waals surface area contributed by atoms with Crippen molar-refractivity contribution in [2.24, 2.45) is 5.92 Å². The number of sulfonamides is 1. The molecule has 0 aliphatic carbocycles. The van der Waals surface area contributed by atoms with Gasteiger partial charge in [0.25, 0.3) is 0 Å².